The number of anilines is 1. The van der Waals surface area contributed by atoms with Crippen molar-refractivity contribution in [2.75, 3.05) is 25.7 Å². The molecule has 4 aromatic carbocycles. The third kappa shape index (κ3) is 9.28. The molecular weight excluding hydrogens is 582 g/mol. The van der Waals surface area contributed by atoms with Gasteiger partial charge in [-0.1, -0.05) is 75.9 Å². The molecular formula is C36H43N5O5. The Bertz CT molecular complexity index is 1640. The molecule has 0 saturated heterocycles. The van der Waals surface area contributed by atoms with Gasteiger partial charge in [0.15, 0.2) is 5.75 Å². The van der Waals surface area contributed by atoms with Gasteiger partial charge in [-0.15, -0.1) is 10.2 Å². The molecule has 0 aromatic heterocycles. The Kier molecular flexibility index (Phi) is 12.9. The minimum absolute atomic E-state index is 0.0511. The number of hydrogen-bond donors (Lipinski definition) is 4. The van der Waals surface area contributed by atoms with Crippen LogP contribution in [0.1, 0.15) is 78.7 Å². The van der Waals surface area contributed by atoms with Gasteiger partial charge in [-0.05, 0) is 60.2 Å². The van der Waals surface area contributed by atoms with Crippen molar-refractivity contribution in [2.24, 2.45) is 10.2 Å². The van der Waals surface area contributed by atoms with E-state index in [0.29, 0.717) is 53.2 Å². The van der Waals surface area contributed by atoms with Gasteiger partial charge in [0, 0.05) is 24.0 Å². The summed E-state index contributed by atoms with van der Waals surface area (Å²) in [5, 5.41) is 27.1. The fourth-order valence-corrected chi connectivity index (χ4v) is 4.86. The van der Waals surface area contributed by atoms with E-state index in [4.69, 9.17) is 9.57 Å². The molecule has 10 nitrogen and oxygen atoms in total. The second kappa shape index (κ2) is 17.5. The topological polar surface area (TPSA) is 134 Å². The van der Waals surface area contributed by atoms with Crippen molar-refractivity contribution < 1.29 is 24.3 Å². The van der Waals surface area contributed by atoms with E-state index in [2.05, 4.69) is 40.2 Å². The number of phenolic OH excluding ortho intramolecular Hbond substituents is 1. The molecule has 0 unspecified atom stereocenters. The number of nitrogens with one attached hydrogen (secondary N) is 3. The van der Waals surface area contributed by atoms with Crippen molar-refractivity contribution >= 4 is 39.6 Å². The highest BCUT2D eigenvalue weighted by molar-refractivity contribution is 6.08. The fourth-order valence-electron chi connectivity index (χ4n) is 4.86. The van der Waals surface area contributed by atoms with Gasteiger partial charge in [0.05, 0.1) is 25.0 Å². The number of benzene rings is 4. The van der Waals surface area contributed by atoms with Crippen LogP contribution in [-0.4, -0.2) is 37.1 Å². The molecule has 0 aliphatic carbocycles. The number of carbonyl (C=O) groups is 2. The summed E-state index contributed by atoms with van der Waals surface area (Å²) in [6, 6.07) is 21.7. The third-order valence-electron chi connectivity index (χ3n) is 7.43. The van der Waals surface area contributed by atoms with Crippen LogP contribution < -0.4 is 20.9 Å². The average Bonchev–Trinajstić information content (AvgIpc) is 3.08. The van der Waals surface area contributed by atoms with Crippen LogP contribution in [0.25, 0.3) is 10.8 Å². The van der Waals surface area contributed by atoms with Crippen LogP contribution in [0.5, 0.6) is 11.5 Å². The van der Waals surface area contributed by atoms with Gasteiger partial charge in [0.25, 0.3) is 11.8 Å². The zero-order valence-electron chi connectivity index (χ0n) is 26.8. The van der Waals surface area contributed by atoms with Gasteiger partial charge >= 0.3 is 0 Å². The van der Waals surface area contributed by atoms with Gasteiger partial charge in [-0.3, -0.25) is 19.9 Å². The van der Waals surface area contributed by atoms with Crippen LogP contribution in [0.4, 0.5) is 17.1 Å². The van der Waals surface area contributed by atoms with Crippen LogP contribution >= 0.6 is 0 Å². The minimum Gasteiger partial charge on any atom is -0.505 e. The molecule has 0 heterocycles. The van der Waals surface area contributed by atoms with Crippen molar-refractivity contribution in [1.29, 1.82) is 0 Å². The van der Waals surface area contributed by atoms with Crippen molar-refractivity contribution in [3.63, 3.8) is 0 Å². The molecule has 0 atom stereocenters. The maximum atomic E-state index is 13.2. The first-order valence-corrected chi connectivity index (χ1v) is 15.8. The number of methoxy groups -OCH3 is 1. The normalized spacial score (nSPS) is 11.1. The molecule has 0 radical (unpaired) electrons. The smallest absolute Gasteiger partial charge is 0.255 e. The number of fused-ring (bicyclic) bond motifs is 1. The van der Waals surface area contributed by atoms with Crippen molar-refractivity contribution in [3.05, 3.63) is 89.5 Å². The Morgan fingerprint density at radius 2 is 1.52 bits per heavy atom. The average molecular weight is 626 g/mol. The Morgan fingerprint density at radius 1 is 0.804 bits per heavy atom. The van der Waals surface area contributed by atoms with Crippen molar-refractivity contribution in [3.8, 4) is 11.5 Å². The number of aromatic hydroxyl groups is 1. The molecule has 0 fully saturated rings. The molecule has 0 aliphatic heterocycles. The maximum absolute atomic E-state index is 13.2. The van der Waals surface area contributed by atoms with Crippen molar-refractivity contribution in [2.45, 2.75) is 59.0 Å². The first kappa shape index (κ1) is 33.9. The predicted molar refractivity (Wildman–Crippen MR) is 181 cm³/mol. The molecule has 10 heteroatoms. The molecule has 242 valence electrons. The van der Waals surface area contributed by atoms with E-state index in [1.807, 2.05) is 30.3 Å². The zero-order valence-corrected chi connectivity index (χ0v) is 26.8. The van der Waals surface area contributed by atoms with Gasteiger partial charge in [0.2, 0.25) is 0 Å². The number of azo groups is 1. The second-order valence-corrected chi connectivity index (χ2v) is 10.9. The van der Waals surface area contributed by atoms with Gasteiger partial charge in [-0.25, -0.2) is 0 Å². The first-order valence-electron chi connectivity index (χ1n) is 15.8. The van der Waals surface area contributed by atoms with Crippen LogP contribution in [-0.2, 0) is 11.4 Å². The van der Waals surface area contributed by atoms with E-state index < -0.39 is 5.91 Å². The number of hydrogen-bond acceptors (Lipinski definition) is 8. The Balaban J connectivity index is 1.66. The number of ether oxygens (including phenoxy) is 1. The summed E-state index contributed by atoms with van der Waals surface area (Å²) in [4.78, 5) is 31.7. The van der Waals surface area contributed by atoms with Gasteiger partial charge in [-0.2, -0.15) is 0 Å². The molecule has 0 bridgehead atoms. The molecule has 0 aliphatic rings. The number of rotatable bonds is 17. The monoisotopic (exact) mass is 625 g/mol. The maximum Gasteiger partial charge on any atom is 0.255 e. The van der Waals surface area contributed by atoms with Gasteiger partial charge in [0.1, 0.15) is 17.1 Å². The largest absolute Gasteiger partial charge is 0.505 e. The van der Waals surface area contributed by atoms with Crippen LogP contribution in [0.2, 0.25) is 0 Å². The SMILES string of the molecule is CCCCCNC(=O)c1ccc2c(N=Nc3cc(NOCc4ccccc4)ccc3OC)c(O)c(C(=O)NCCCCC)cc2c1. The Hall–Kier alpha value is -4.96. The van der Waals surface area contributed by atoms with Crippen LogP contribution in [0.3, 0.4) is 0 Å². The fraction of sp³-hybridized carbons (Fsp3) is 0.333. The number of amides is 2. The number of nitrogens with zero attached hydrogens (tertiary/aromatic N) is 2. The van der Waals surface area contributed by atoms with E-state index in [1.165, 1.54) is 7.11 Å². The summed E-state index contributed by atoms with van der Waals surface area (Å²) in [7, 11) is 1.53. The zero-order chi connectivity index (χ0) is 32.7. The predicted octanol–water partition coefficient (Wildman–Crippen LogP) is 8.35. The lowest BCUT2D eigenvalue weighted by molar-refractivity contribution is 0.0944. The molecule has 0 saturated carbocycles. The summed E-state index contributed by atoms with van der Waals surface area (Å²) in [6.07, 6.45) is 5.82. The number of phenols is 1. The summed E-state index contributed by atoms with van der Waals surface area (Å²) in [6.45, 7) is 5.61. The van der Waals surface area contributed by atoms with Crippen LogP contribution in [0.15, 0.2) is 83.0 Å². The lowest BCUT2D eigenvalue weighted by Crippen LogP contribution is -2.25. The van der Waals surface area contributed by atoms with E-state index >= 15 is 0 Å². The summed E-state index contributed by atoms with van der Waals surface area (Å²) in [5.41, 5.74) is 5.53. The molecule has 4 N–H and O–H groups in total. The Labute approximate surface area is 270 Å². The molecule has 0 spiro atoms. The van der Waals surface area contributed by atoms with E-state index in [0.717, 1.165) is 44.1 Å². The third-order valence-corrected chi connectivity index (χ3v) is 7.43. The van der Waals surface area contributed by atoms with E-state index in [9.17, 15) is 14.7 Å². The summed E-state index contributed by atoms with van der Waals surface area (Å²) in [5.74, 6) is -0.488. The minimum atomic E-state index is -0.430. The van der Waals surface area contributed by atoms with Crippen molar-refractivity contribution in [1.82, 2.24) is 10.6 Å². The number of carbonyl (C=O) groups excluding carboxylic acids is 2. The highest BCUT2D eigenvalue weighted by Crippen LogP contribution is 2.41. The van der Waals surface area contributed by atoms with E-state index in [-0.39, 0.29) is 22.9 Å². The second-order valence-electron chi connectivity index (χ2n) is 10.9. The highest BCUT2D eigenvalue weighted by Gasteiger charge is 2.20. The molecule has 4 aromatic rings. The first-order chi connectivity index (χ1) is 22.4. The molecule has 46 heavy (non-hydrogen) atoms. The highest BCUT2D eigenvalue weighted by atomic mass is 16.6. The summed E-state index contributed by atoms with van der Waals surface area (Å²) < 4.78 is 5.50. The molecule has 4 rings (SSSR count). The molecule has 2 amide bonds. The lowest BCUT2D eigenvalue weighted by Gasteiger charge is -2.13. The summed E-state index contributed by atoms with van der Waals surface area (Å²) >= 11 is 0. The van der Waals surface area contributed by atoms with E-state index in [1.54, 1.807) is 42.5 Å². The standard InChI is InChI=1S/C36H43N5O5/c1-4-6-11-19-37-35(43)26-15-17-29-27(21-26)22-30(36(44)38-20-12-7-5-2)34(42)33(29)40-39-31-23-28(16-18-32(31)45-3)41-46-24-25-13-9-8-10-14-25/h8-10,13-18,21-23,41-42H,4-7,11-12,19-20,24H2,1-3H3,(H,37,43)(H,38,44). The number of unbranched alkanes of at least 4 members (excludes halogenated alkanes) is 4. The van der Waals surface area contributed by atoms with Crippen LogP contribution in [0, 0.1) is 0 Å². The van der Waals surface area contributed by atoms with Gasteiger partial charge < -0.3 is 20.5 Å². The Morgan fingerprint density at radius 3 is 2.22 bits per heavy atom. The quantitative estimate of drug-likeness (QED) is 0.0529. The lowest BCUT2D eigenvalue weighted by atomic mass is 10.0.